The second-order valence-corrected chi connectivity index (χ2v) is 2.88. The summed E-state index contributed by atoms with van der Waals surface area (Å²) in [7, 11) is 1.29. The number of rotatable bonds is 2. The van der Waals surface area contributed by atoms with Crippen LogP contribution in [0.1, 0.15) is 6.42 Å². The molecule has 0 aliphatic heterocycles. The van der Waals surface area contributed by atoms with Crippen molar-refractivity contribution in [3.63, 3.8) is 0 Å². The van der Waals surface area contributed by atoms with Crippen LogP contribution in [-0.4, -0.2) is 13.0 Å². The van der Waals surface area contributed by atoms with E-state index in [4.69, 9.17) is 5.26 Å². The van der Waals surface area contributed by atoms with E-state index in [2.05, 4.69) is 0 Å². The minimum Gasteiger partial charge on any atom is -0.312 e. The maximum atomic E-state index is 13.2. The number of nitrogens with zero attached hydrogens (tertiary/aromatic N) is 2. The van der Waals surface area contributed by atoms with Gasteiger partial charge < -0.3 is 4.90 Å². The number of benzene rings is 1. The lowest BCUT2D eigenvalue weighted by molar-refractivity contribution is -0.117. The maximum Gasteiger partial charge on any atom is 0.241 e. The van der Waals surface area contributed by atoms with Crippen LogP contribution in [0.5, 0.6) is 0 Å². The van der Waals surface area contributed by atoms with Crippen LogP contribution in [-0.2, 0) is 4.79 Å². The molecule has 0 atom stereocenters. The van der Waals surface area contributed by atoms with Gasteiger partial charge in [0.05, 0.1) is 11.8 Å². The van der Waals surface area contributed by atoms with Gasteiger partial charge in [-0.3, -0.25) is 4.79 Å². The maximum absolute atomic E-state index is 13.2. The van der Waals surface area contributed by atoms with Crippen molar-refractivity contribution in [1.29, 1.82) is 5.26 Å². The second kappa shape index (κ2) is 4.51. The summed E-state index contributed by atoms with van der Waals surface area (Å²) in [5, 5.41) is 8.29. The SMILES string of the molecule is CN(C(=O)CC#N)c1cc(F)ccc1F. The number of halogens is 2. The highest BCUT2D eigenvalue weighted by Gasteiger charge is 2.14. The normalized spacial score (nSPS) is 9.47. The first-order chi connectivity index (χ1) is 7.06. The number of nitriles is 1. The van der Waals surface area contributed by atoms with Gasteiger partial charge in [-0.1, -0.05) is 0 Å². The summed E-state index contributed by atoms with van der Waals surface area (Å²) >= 11 is 0. The first-order valence-corrected chi connectivity index (χ1v) is 4.15. The van der Waals surface area contributed by atoms with Gasteiger partial charge in [0.2, 0.25) is 5.91 Å². The standard InChI is InChI=1S/C10H8F2N2O/c1-14(10(15)4-5-13)9-6-7(11)2-3-8(9)12/h2-3,6H,4H2,1H3. The third-order valence-electron chi connectivity index (χ3n) is 1.87. The Bertz CT molecular complexity index is 426. The van der Waals surface area contributed by atoms with Crippen LogP contribution in [0, 0.1) is 23.0 Å². The molecule has 1 amide bonds. The van der Waals surface area contributed by atoms with Gasteiger partial charge in [-0.25, -0.2) is 8.78 Å². The van der Waals surface area contributed by atoms with Crippen LogP contribution in [0.15, 0.2) is 18.2 Å². The first kappa shape index (κ1) is 11.1. The minimum absolute atomic E-state index is 0.171. The molecule has 0 unspecified atom stereocenters. The van der Waals surface area contributed by atoms with Crippen LogP contribution < -0.4 is 4.90 Å². The molecule has 0 radical (unpaired) electrons. The fraction of sp³-hybridized carbons (Fsp3) is 0.200. The molecule has 3 nitrogen and oxygen atoms in total. The zero-order valence-electron chi connectivity index (χ0n) is 8.00. The highest BCUT2D eigenvalue weighted by Crippen LogP contribution is 2.19. The van der Waals surface area contributed by atoms with E-state index < -0.39 is 17.5 Å². The molecular weight excluding hydrogens is 202 g/mol. The minimum atomic E-state index is -0.704. The first-order valence-electron chi connectivity index (χ1n) is 4.15. The van der Waals surface area contributed by atoms with E-state index in [1.165, 1.54) is 7.05 Å². The van der Waals surface area contributed by atoms with Gasteiger partial charge >= 0.3 is 0 Å². The molecule has 0 heterocycles. The predicted octanol–water partition coefficient (Wildman–Crippen LogP) is 1.84. The topological polar surface area (TPSA) is 44.1 Å². The van der Waals surface area contributed by atoms with Gasteiger partial charge in [-0.05, 0) is 12.1 Å². The molecule has 0 fully saturated rings. The Morgan fingerprint density at radius 2 is 2.20 bits per heavy atom. The zero-order chi connectivity index (χ0) is 11.4. The van der Waals surface area contributed by atoms with Gasteiger partial charge in [-0.2, -0.15) is 5.26 Å². The van der Waals surface area contributed by atoms with Gasteiger partial charge in [0.1, 0.15) is 18.1 Å². The Morgan fingerprint density at radius 3 is 2.80 bits per heavy atom. The van der Waals surface area contributed by atoms with Crippen LogP contribution in [0.25, 0.3) is 0 Å². The van der Waals surface area contributed by atoms with Crippen molar-refractivity contribution in [2.24, 2.45) is 0 Å². The molecule has 0 saturated carbocycles. The Balaban J connectivity index is 3.01. The summed E-state index contributed by atoms with van der Waals surface area (Å²) in [6.45, 7) is 0. The molecule has 0 aliphatic carbocycles. The summed E-state index contributed by atoms with van der Waals surface area (Å²) in [5.41, 5.74) is -0.171. The highest BCUT2D eigenvalue weighted by molar-refractivity contribution is 5.94. The number of carbonyl (C=O) groups is 1. The van der Waals surface area contributed by atoms with E-state index in [9.17, 15) is 13.6 Å². The zero-order valence-corrected chi connectivity index (χ0v) is 8.00. The van der Waals surface area contributed by atoms with Crippen molar-refractivity contribution in [2.75, 3.05) is 11.9 Å². The number of hydrogen-bond donors (Lipinski definition) is 0. The molecular formula is C10H8F2N2O. The fourth-order valence-electron chi connectivity index (χ4n) is 1.06. The van der Waals surface area contributed by atoms with Gasteiger partial charge in [0.15, 0.2) is 0 Å². The Labute approximate surface area is 85.5 Å². The average Bonchev–Trinajstić information content (AvgIpc) is 2.21. The van der Waals surface area contributed by atoms with E-state index in [0.717, 1.165) is 23.1 Å². The lowest BCUT2D eigenvalue weighted by Crippen LogP contribution is -2.26. The molecule has 5 heteroatoms. The Hall–Kier alpha value is -1.96. The lowest BCUT2D eigenvalue weighted by Gasteiger charge is -2.16. The van der Waals surface area contributed by atoms with E-state index in [1.54, 1.807) is 6.07 Å². The van der Waals surface area contributed by atoms with Gasteiger partial charge in [-0.15, -0.1) is 0 Å². The van der Waals surface area contributed by atoms with Crippen molar-refractivity contribution < 1.29 is 13.6 Å². The molecule has 0 N–H and O–H groups in total. The molecule has 0 spiro atoms. The van der Waals surface area contributed by atoms with Gasteiger partial charge in [0, 0.05) is 13.1 Å². The second-order valence-electron chi connectivity index (χ2n) is 2.88. The predicted molar refractivity (Wildman–Crippen MR) is 50.0 cm³/mol. The van der Waals surface area contributed by atoms with Crippen LogP contribution in [0.3, 0.4) is 0 Å². The number of anilines is 1. The number of carbonyl (C=O) groups excluding carboxylic acids is 1. The molecule has 0 bridgehead atoms. The van der Waals surface area contributed by atoms with Crippen LogP contribution in [0.4, 0.5) is 14.5 Å². The third-order valence-corrected chi connectivity index (χ3v) is 1.87. The molecule has 1 aromatic rings. The Morgan fingerprint density at radius 1 is 1.53 bits per heavy atom. The molecule has 15 heavy (non-hydrogen) atoms. The van der Waals surface area contributed by atoms with E-state index in [0.29, 0.717) is 0 Å². The van der Waals surface area contributed by atoms with Crippen molar-refractivity contribution in [1.82, 2.24) is 0 Å². The van der Waals surface area contributed by atoms with Crippen molar-refractivity contribution in [3.05, 3.63) is 29.8 Å². The largest absolute Gasteiger partial charge is 0.312 e. The fourth-order valence-corrected chi connectivity index (χ4v) is 1.06. The summed E-state index contributed by atoms with van der Waals surface area (Å²) in [4.78, 5) is 12.1. The summed E-state index contributed by atoms with van der Waals surface area (Å²) in [5.74, 6) is -1.92. The molecule has 1 aromatic carbocycles. The van der Waals surface area contributed by atoms with E-state index in [-0.39, 0.29) is 12.1 Å². The van der Waals surface area contributed by atoms with E-state index >= 15 is 0 Å². The van der Waals surface area contributed by atoms with Crippen molar-refractivity contribution in [3.8, 4) is 6.07 Å². The monoisotopic (exact) mass is 210 g/mol. The number of amides is 1. The third kappa shape index (κ3) is 2.50. The van der Waals surface area contributed by atoms with Gasteiger partial charge in [0.25, 0.3) is 0 Å². The summed E-state index contributed by atoms with van der Waals surface area (Å²) in [6.07, 6.45) is -0.369. The van der Waals surface area contributed by atoms with E-state index in [1.807, 2.05) is 0 Å². The highest BCUT2D eigenvalue weighted by atomic mass is 19.1. The lowest BCUT2D eigenvalue weighted by atomic mass is 10.2. The number of hydrogen-bond acceptors (Lipinski definition) is 2. The summed E-state index contributed by atoms with van der Waals surface area (Å²) < 4.78 is 26.0. The van der Waals surface area contributed by atoms with Crippen molar-refractivity contribution in [2.45, 2.75) is 6.42 Å². The summed E-state index contributed by atoms with van der Waals surface area (Å²) in [6, 6.07) is 4.44. The Kier molecular flexibility index (Phi) is 3.34. The molecule has 78 valence electrons. The smallest absolute Gasteiger partial charge is 0.241 e. The molecule has 0 saturated heterocycles. The molecule has 0 aromatic heterocycles. The average molecular weight is 210 g/mol. The van der Waals surface area contributed by atoms with Crippen LogP contribution in [0.2, 0.25) is 0 Å². The quantitative estimate of drug-likeness (QED) is 0.747. The van der Waals surface area contributed by atoms with Crippen LogP contribution >= 0.6 is 0 Å². The van der Waals surface area contributed by atoms with Crippen molar-refractivity contribution >= 4 is 11.6 Å². The molecule has 1 rings (SSSR count). The molecule has 0 aliphatic rings.